The topological polar surface area (TPSA) is 8.17 Å². The smallest absolute Gasteiger partial charge is 0.0775 e. The molecule has 51 heavy (non-hydrogen) atoms. The lowest BCUT2D eigenvalue weighted by atomic mass is 9.65. The molecule has 2 nitrogen and oxygen atoms in total. The lowest BCUT2D eigenvalue weighted by Crippen LogP contribution is -2.34. The standard InChI is InChI=1S/C49H32N2/c1-3-15-33(16-4-1)34-29-31-36(32-30-34)50(35-17-5-2-6-18-35)46-28-14-21-39-37-19-7-9-23-41(37)49(47(39)46)42-24-10-12-27-45(42)51-44-26-11-8-20-38(44)40-22-13-25-43(49)48(40)51/h1-32H. The van der Waals surface area contributed by atoms with Crippen LogP contribution in [0, 0.1) is 0 Å². The molecular weight excluding hydrogens is 617 g/mol. The van der Waals surface area contributed by atoms with Crippen LogP contribution in [0.15, 0.2) is 194 Å². The quantitative estimate of drug-likeness (QED) is 0.184. The summed E-state index contributed by atoms with van der Waals surface area (Å²) >= 11 is 0. The first kappa shape index (κ1) is 28.2. The van der Waals surface area contributed by atoms with E-state index in [1.165, 1.54) is 77.7 Å². The number of aromatic nitrogens is 1. The van der Waals surface area contributed by atoms with E-state index in [2.05, 4.69) is 204 Å². The molecule has 0 amide bonds. The molecule has 0 radical (unpaired) electrons. The van der Waals surface area contributed by atoms with E-state index in [0.717, 1.165) is 11.4 Å². The summed E-state index contributed by atoms with van der Waals surface area (Å²) in [6.45, 7) is 0. The van der Waals surface area contributed by atoms with Crippen molar-refractivity contribution in [2.24, 2.45) is 0 Å². The van der Waals surface area contributed by atoms with Crippen molar-refractivity contribution in [3.05, 3.63) is 216 Å². The Labute approximate surface area is 297 Å². The van der Waals surface area contributed by atoms with Crippen molar-refractivity contribution in [3.63, 3.8) is 0 Å². The maximum atomic E-state index is 2.51. The Hall–Kier alpha value is -6.64. The first-order chi connectivity index (χ1) is 25.3. The van der Waals surface area contributed by atoms with Crippen molar-refractivity contribution in [3.8, 4) is 27.9 Å². The summed E-state index contributed by atoms with van der Waals surface area (Å²) in [5.74, 6) is 0. The fraction of sp³-hybridized carbons (Fsp3) is 0.0204. The molecule has 1 aromatic heterocycles. The van der Waals surface area contributed by atoms with Crippen LogP contribution in [0.25, 0.3) is 49.7 Å². The summed E-state index contributed by atoms with van der Waals surface area (Å²) in [5, 5.41) is 2.57. The molecule has 9 aromatic rings. The lowest BCUT2D eigenvalue weighted by molar-refractivity contribution is 0.748. The van der Waals surface area contributed by atoms with Gasteiger partial charge in [-0.3, -0.25) is 0 Å². The van der Waals surface area contributed by atoms with Crippen molar-refractivity contribution in [2.75, 3.05) is 4.90 Å². The molecule has 1 unspecified atom stereocenters. The fourth-order valence-electron chi connectivity index (χ4n) is 9.22. The van der Waals surface area contributed by atoms with Gasteiger partial charge in [0, 0.05) is 27.7 Å². The van der Waals surface area contributed by atoms with Gasteiger partial charge in [0.05, 0.1) is 27.8 Å². The van der Waals surface area contributed by atoms with E-state index in [1.807, 2.05) is 0 Å². The Morgan fingerprint density at radius 2 is 0.980 bits per heavy atom. The highest BCUT2D eigenvalue weighted by Gasteiger charge is 2.52. The molecule has 2 heterocycles. The third-order valence-corrected chi connectivity index (χ3v) is 11.2. The Balaban J connectivity index is 1.27. The highest BCUT2D eigenvalue weighted by Crippen LogP contribution is 2.63. The van der Waals surface area contributed by atoms with E-state index in [-0.39, 0.29) is 0 Å². The summed E-state index contributed by atoms with van der Waals surface area (Å²) < 4.78 is 2.51. The number of nitrogens with zero attached hydrogens (tertiary/aromatic N) is 2. The highest BCUT2D eigenvalue weighted by atomic mass is 15.1. The molecule has 0 saturated carbocycles. The van der Waals surface area contributed by atoms with Gasteiger partial charge in [-0.1, -0.05) is 152 Å². The molecular formula is C49H32N2. The predicted octanol–water partition coefficient (Wildman–Crippen LogP) is 12.6. The second kappa shape index (κ2) is 10.7. The molecule has 2 aliphatic rings. The van der Waals surface area contributed by atoms with Crippen LogP contribution in [0.1, 0.15) is 22.3 Å². The van der Waals surface area contributed by atoms with Crippen molar-refractivity contribution in [1.82, 2.24) is 4.57 Å². The number of benzene rings is 8. The van der Waals surface area contributed by atoms with E-state index in [0.29, 0.717) is 0 Å². The molecule has 238 valence electrons. The maximum Gasteiger partial charge on any atom is 0.0775 e. The molecule has 1 aliphatic carbocycles. The maximum absolute atomic E-state index is 2.51. The predicted molar refractivity (Wildman–Crippen MR) is 212 cm³/mol. The van der Waals surface area contributed by atoms with Crippen molar-refractivity contribution in [1.29, 1.82) is 0 Å². The first-order valence-corrected chi connectivity index (χ1v) is 17.7. The summed E-state index contributed by atoms with van der Waals surface area (Å²) in [6, 6.07) is 71.5. The van der Waals surface area contributed by atoms with Crippen molar-refractivity contribution in [2.45, 2.75) is 5.41 Å². The van der Waals surface area contributed by atoms with Gasteiger partial charge >= 0.3 is 0 Å². The van der Waals surface area contributed by atoms with Gasteiger partial charge < -0.3 is 9.47 Å². The van der Waals surface area contributed by atoms with E-state index in [9.17, 15) is 0 Å². The number of fused-ring (bicyclic) bond motifs is 12. The van der Waals surface area contributed by atoms with Crippen LogP contribution >= 0.6 is 0 Å². The van der Waals surface area contributed by atoms with Gasteiger partial charge in [0.15, 0.2) is 0 Å². The molecule has 0 fully saturated rings. The largest absolute Gasteiger partial charge is 0.310 e. The van der Waals surface area contributed by atoms with Crippen LogP contribution in [0.5, 0.6) is 0 Å². The lowest BCUT2D eigenvalue weighted by Gasteiger charge is -2.41. The zero-order valence-electron chi connectivity index (χ0n) is 27.9. The van der Waals surface area contributed by atoms with Gasteiger partial charge in [-0.2, -0.15) is 0 Å². The van der Waals surface area contributed by atoms with Crippen LogP contribution in [0.4, 0.5) is 17.1 Å². The summed E-state index contributed by atoms with van der Waals surface area (Å²) in [5.41, 5.74) is 16.9. The number of hydrogen-bond donors (Lipinski definition) is 0. The van der Waals surface area contributed by atoms with E-state index < -0.39 is 5.41 Å². The molecule has 1 atom stereocenters. The monoisotopic (exact) mass is 648 g/mol. The second-order valence-corrected chi connectivity index (χ2v) is 13.7. The molecule has 0 bridgehead atoms. The summed E-state index contributed by atoms with van der Waals surface area (Å²) in [7, 11) is 0. The third kappa shape index (κ3) is 3.76. The SMILES string of the molecule is c1ccc(-c2ccc(N(c3ccccc3)c3cccc4c3C3(c5ccccc5-4)c4ccccc4-n4c5ccccc5c5cccc3c54)cc2)cc1. The van der Waals surface area contributed by atoms with Crippen LogP contribution < -0.4 is 4.90 Å². The highest BCUT2D eigenvalue weighted by molar-refractivity contribution is 6.13. The summed E-state index contributed by atoms with van der Waals surface area (Å²) in [4.78, 5) is 2.47. The Kier molecular flexibility index (Phi) is 5.91. The average molecular weight is 649 g/mol. The second-order valence-electron chi connectivity index (χ2n) is 13.7. The number of para-hydroxylation sites is 4. The molecule has 0 saturated heterocycles. The first-order valence-electron chi connectivity index (χ1n) is 17.7. The number of hydrogen-bond acceptors (Lipinski definition) is 1. The van der Waals surface area contributed by atoms with Gasteiger partial charge in [0.25, 0.3) is 0 Å². The number of rotatable bonds is 4. The zero-order chi connectivity index (χ0) is 33.5. The number of anilines is 3. The minimum absolute atomic E-state index is 0.556. The van der Waals surface area contributed by atoms with E-state index >= 15 is 0 Å². The van der Waals surface area contributed by atoms with E-state index in [4.69, 9.17) is 0 Å². The third-order valence-electron chi connectivity index (χ3n) is 11.2. The van der Waals surface area contributed by atoms with Gasteiger partial charge in [0.2, 0.25) is 0 Å². The minimum Gasteiger partial charge on any atom is -0.310 e. The van der Waals surface area contributed by atoms with Gasteiger partial charge in [-0.25, -0.2) is 0 Å². The van der Waals surface area contributed by atoms with Crippen molar-refractivity contribution >= 4 is 38.9 Å². The Morgan fingerprint density at radius 1 is 0.392 bits per heavy atom. The molecule has 1 aliphatic heterocycles. The van der Waals surface area contributed by atoms with Gasteiger partial charge in [0.1, 0.15) is 0 Å². The Bertz CT molecular complexity index is 2790. The van der Waals surface area contributed by atoms with Crippen LogP contribution in [0.2, 0.25) is 0 Å². The van der Waals surface area contributed by atoms with Gasteiger partial charge in [-0.05, 0) is 81.4 Å². The molecule has 1 spiro atoms. The molecule has 8 aromatic carbocycles. The molecule has 2 heteroatoms. The average Bonchev–Trinajstić information content (AvgIpc) is 3.70. The summed E-state index contributed by atoms with van der Waals surface area (Å²) in [6.07, 6.45) is 0. The van der Waals surface area contributed by atoms with Gasteiger partial charge in [-0.15, -0.1) is 0 Å². The minimum atomic E-state index is -0.556. The molecule has 11 rings (SSSR count). The zero-order valence-corrected chi connectivity index (χ0v) is 27.9. The van der Waals surface area contributed by atoms with Crippen LogP contribution in [-0.4, -0.2) is 4.57 Å². The van der Waals surface area contributed by atoms with Crippen LogP contribution in [0.3, 0.4) is 0 Å². The Morgan fingerprint density at radius 3 is 1.82 bits per heavy atom. The fourth-order valence-corrected chi connectivity index (χ4v) is 9.22. The molecule has 0 N–H and O–H groups in total. The normalized spacial score (nSPS) is 15.1. The van der Waals surface area contributed by atoms with Crippen molar-refractivity contribution < 1.29 is 0 Å². The van der Waals surface area contributed by atoms with Crippen LogP contribution in [-0.2, 0) is 5.41 Å². The van der Waals surface area contributed by atoms with E-state index in [1.54, 1.807) is 0 Å².